The predicted octanol–water partition coefficient (Wildman–Crippen LogP) is 10.2. The first-order valence-corrected chi connectivity index (χ1v) is 14.5. The highest BCUT2D eigenvalue weighted by molar-refractivity contribution is 6.09. The lowest BCUT2D eigenvalue weighted by Crippen LogP contribution is -2.02. The SMILES string of the molecule is c1ccc(-c2ccc(-c3nc(-c4cccc(-c5ccccc5)c4)cc(-n4c5ccccc5c5ccccc54)n3)cc2)cc1. The highest BCUT2D eigenvalue weighted by Gasteiger charge is 2.16. The summed E-state index contributed by atoms with van der Waals surface area (Å²) in [6.07, 6.45) is 0. The molecule has 0 unspecified atom stereocenters. The van der Waals surface area contributed by atoms with Gasteiger partial charge in [-0.15, -0.1) is 0 Å². The lowest BCUT2D eigenvalue weighted by Gasteiger charge is -2.13. The minimum Gasteiger partial charge on any atom is -0.294 e. The lowest BCUT2D eigenvalue weighted by atomic mass is 10.0. The van der Waals surface area contributed by atoms with E-state index in [-0.39, 0.29) is 0 Å². The van der Waals surface area contributed by atoms with Gasteiger partial charge in [-0.1, -0.05) is 140 Å². The molecule has 0 radical (unpaired) electrons. The molecular formula is C40H27N3. The fourth-order valence-corrected chi connectivity index (χ4v) is 5.93. The van der Waals surface area contributed by atoms with Gasteiger partial charge in [0.05, 0.1) is 16.7 Å². The molecule has 8 rings (SSSR count). The van der Waals surface area contributed by atoms with Crippen molar-refractivity contribution in [1.82, 2.24) is 14.5 Å². The molecule has 0 saturated heterocycles. The van der Waals surface area contributed by atoms with E-state index in [1.807, 2.05) is 12.1 Å². The molecule has 0 aliphatic heterocycles. The Labute approximate surface area is 250 Å². The summed E-state index contributed by atoms with van der Waals surface area (Å²) in [4.78, 5) is 10.4. The molecule has 0 atom stereocenters. The van der Waals surface area contributed by atoms with Crippen LogP contribution in [0.5, 0.6) is 0 Å². The molecule has 0 bridgehead atoms. The Kier molecular flexibility index (Phi) is 6.12. The highest BCUT2D eigenvalue weighted by Crippen LogP contribution is 2.34. The molecule has 0 amide bonds. The monoisotopic (exact) mass is 549 g/mol. The van der Waals surface area contributed by atoms with Gasteiger partial charge in [0.2, 0.25) is 0 Å². The van der Waals surface area contributed by atoms with Gasteiger partial charge in [0.1, 0.15) is 5.82 Å². The zero-order valence-corrected chi connectivity index (χ0v) is 23.4. The summed E-state index contributed by atoms with van der Waals surface area (Å²) in [7, 11) is 0. The van der Waals surface area contributed by atoms with Gasteiger partial charge in [0.15, 0.2) is 5.82 Å². The van der Waals surface area contributed by atoms with Gasteiger partial charge in [-0.2, -0.15) is 0 Å². The molecular weight excluding hydrogens is 522 g/mol. The third-order valence-electron chi connectivity index (χ3n) is 8.04. The number of aromatic nitrogens is 3. The Morgan fingerprint density at radius 1 is 0.349 bits per heavy atom. The van der Waals surface area contributed by atoms with Crippen LogP contribution < -0.4 is 0 Å². The molecule has 3 heteroatoms. The molecule has 2 aromatic heterocycles. The van der Waals surface area contributed by atoms with Crippen LogP contribution in [0.4, 0.5) is 0 Å². The molecule has 6 aromatic carbocycles. The zero-order valence-electron chi connectivity index (χ0n) is 23.4. The van der Waals surface area contributed by atoms with Crippen LogP contribution in [0.2, 0.25) is 0 Å². The Morgan fingerprint density at radius 2 is 0.837 bits per heavy atom. The van der Waals surface area contributed by atoms with Crippen LogP contribution in [0, 0.1) is 0 Å². The average Bonchev–Trinajstić information content (AvgIpc) is 3.43. The van der Waals surface area contributed by atoms with E-state index in [0.29, 0.717) is 5.82 Å². The third-order valence-corrected chi connectivity index (χ3v) is 8.04. The lowest BCUT2D eigenvalue weighted by molar-refractivity contribution is 1.05. The number of nitrogens with zero attached hydrogens (tertiary/aromatic N) is 3. The van der Waals surface area contributed by atoms with E-state index in [1.165, 1.54) is 27.5 Å². The largest absolute Gasteiger partial charge is 0.294 e. The number of benzene rings is 6. The molecule has 0 aliphatic rings. The summed E-state index contributed by atoms with van der Waals surface area (Å²) < 4.78 is 2.26. The summed E-state index contributed by atoms with van der Waals surface area (Å²) in [5, 5.41) is 2.41. The van der Waals surface area contributed by atoms with Crippen molar-refractivity contribution in [2.45, 2.75) is 0 Å². The molecule has 0 fully saturated rings. The normalized spacial score (nSPS) is 11.3. The Balaban J connectivity index is 1.34. The Hall–Kier alpha value is -5.80. The van der Waals surface area contributed by atoms with Crippen molar-refractivity contribution in [2.24, 2.45) is 0 Å². The molecule has 3 nitrogen and oxygen atoms in total. The van der Waals surface area contributed by atoms with E-state index >= 15 is 0 Å². The highest BCUT2D eigenvalue weighted by atomic mass is 15.1. The van der Waals surface area contributed by atoms with Crippen molar-refractivity contribution in [3.05, 3.63) is 164 Å². The number of rotatable bonds is 5. The van der Waals surface area contributed by atoms with E-state index < -0.39 is 0 Å². The van der Waals surface area contributed by atoms with Crippen LogP contribution in [0.15, 0.2) is 164 Å². The minimum atomic E-state index is 0.694. The molecule has 0 saturated carbocycles. The number of hydrogen-bond acceptors (Lipinski definition) is 2. The molecule has 8 aromatic rings. The molecule has 202 valence electrons. The summed E-state index contributed by atoms with van der Waals surface area (Å²) in [6.45, 7) is 0. The second kappa shape index (κ2) is 10.6. The van der Waals surface area contributed by atoms with Crippen molar-refractivity contribution in [3.63, 3.8) is 0 Å². The standard InChI is InChI=1S/C40H27N3/c1-3-12-28(13-4-1)30-22-24-31(25-23-30)40-41-36(33-17-11-16-32(26-33)29-14-5-2-6-15-29)27-39(42-40)43-37-20-9-7-18-34(37)35-19-8-10-21-38(35)43/h1-27H. The zero-order chi connectivity index (χ0) is 28.6. The summed E-state index contributed by atoms with van der Waals surface area (Å²) in [5.74, 6) is 1.54. The second-order valence-electron chi connectivity index (χ2n) is 10.7. The Morgan fingerprint density at radius 3 is 1.49 bits per heavy atom. The smallest absolute Gasteiger partial charge is 0.162 e. The van der Waals surface area contributed by atoms with E-state index in [0.717, 1.165) is 39.2 Å². The van der Waals surface area contributed by atoms with Gasteiger partial charge in [0.25, 0.3) is 0 Å². The first-order chi connectivity index (χ1) is 21.3. The van der Waals surface area contributed by atoms with E-state index in [1.54, 1.807) is 0 Å². The summed E-state index contributed by atoms with van der Waals surface area (Å²) in [5.41, 5.74) is 9.84. The van der Waals surface area contributed by atoms with Gasteiger partial charge in [0, 0.05) is 28.0 Å². The molecule has 2 heterocycles. The van der Waals surface area contributed by atoms with E-state index in [9.17, 15) is 0 Å². The molecule has 0 aliphatic carbocycles. The van der Waals surface area contributed by atoms with Crippen molar-refractivity contribution < 1.29 is 0 Å². The Bertz CT molecular complexity index is 2160. The summed E-state index contributed by atoms with van der Waals surface area (Å²) >= 11 is 0. The fraction of sp³-hybridized carbons (Fsp3) is 0. The summed E-state index contributed by atoms with van der Waals surface area (Å²) in [6, 6.07) is 57.3. The van der Waals surface area contributed by atoms with Crippen molar-refractivity contribution in [1.29, 1.82) is 0 Å². The van der Waals surface area contributed by atoms with Crippen LogP contribution in [0.3, 0.4) is 0 Å². The predicted molar refractivity (Wildman–Crippen MR) is 178 cm³/mol. The van der Waals surface area contributed by atoms with Gasteiger partial charge in [-0.25, -0.2) is 9.97 Å². The fourth-order valence-electron chi connectivity index (χ4n) is 5.93. The molecule has 43 heavy (non-hydrogen) atoms. The van der Waals surface area contributed by atoms with Crippen molar-refractivity contribution >= 4 is 21.8 Å². The van der Waals surface area contributed by atoms with Crippen LogP contribution in [-0.4, -0.2) is 14.5 Å². The van der Waals surface area contributed by atoms with Gasteiger partial charge < -0.3 is 0 Å². The van der Waals surface area contributed by atoms with Crippen LogP contribution in [-0.2, 0) is 0 Å². The van der Waals surface area contributed by atoms with Crippen molar-refractivity contribution in [3.8, 4) is 50.7 Å². The van der Waals surface area contributed by atoms with Crippen LogP contribution in [0.1, 0.15) is 0 Å². The number of hydrogen-bond donors (Lipinski definition) is 0. The maximum absolute atomic E-state index is 5.21. The first kappa shape index (κ1) is 25.0. The first-order valence-electron chi connectivity index (χ1n) is 14.5. The van der Waals surface area contributed by atoms with Gasteiger partial charge in [-0.05, 0) is 40.5 Å². The van der Waals surface area contributed by atoms with Gasteiger partial charge >= 0.3 is 0 Å². The van der Waals surface area contributed by atoms with E-state index in [2.05, 4.69) is 156 Å². The number of fused-ring (bicyclic) bond motifs is 3. The van der Waals surface area contributed by atoms with Crippen molar-refractivity contribution in [2.75, 3.05) is 0 Å². The molecule has 0 N–H and O–H groups in total. The average molecular weight is 550 g/mol. The quantitative estimate of drug-likeness (QED) is 0.214. The third kappa shape index (κ3) is 4.58. The minimum absolute atomic E-state index is 0.694. The maximum Gasteiger partial charge on any atom is 0.162 e. The van der Waals surface area contributed by atoms with Crippen LogP contribution in [0.25, 0.3) is 72.5 Å². The number of para-hydroxylation sites is 2. The topological polar surface area (TPSA) is 30.7 Å². The van der Waals surface area contributed by atoms with Crippen LogP contribution >= 0.6 is 0 Å². The molecule has 0 spiro atoms. The van der Waals surface area contributed by atoms with Gasteiger partial charge in [-0.3, -0.25) is 4.57 Å². The maximum atomic E-state index is 5.21. The van der Waals surface area contributed by atoms with E-state index in [4.69, 9.17) is 9.97 Å². The second-order valence-corrected chi connectivity index (χ2v) is 10.7.